The second-order valence-corrected chi connectivity index (χ2v) is 3.50. The van der Waals surface area contributed by atoms with Crippen LogP contribution >= 0.6 is 11.6 Å². The van der Waals surface area contributed by atoms with Gasteiger partial charge in [0.2, 0.25) is 5.91 Å². The number of rotatable bonds is 4. The van der Waals surface area contributed by atoms with E-state index >= 15 is 0 Å². The predicted octanol–water partition coefficient (Wildman–Crippen LogP) is 2.03. The van der Waals surface area contributed by atoms with Gasteiger partial charge in [0.05, 0.1) is 0 Å². The lowest BCUT2D eigenvalue weighted by atomic mass is 10.3. The van der Waals surface area contributed by atoms with Crippen molar-refractivity contribution in [3.05, 3.63) is 29.0 Å². The third-order valence-electron chi connectivity index (χ3n) is 1.69. The lowest BCUT2D eigenvalue weighted by molar-refractivity contribution is -0.118. The highest BCUT2D eigenvalue weighted by atomic mass is 35.5. The summed E-state index contributed by atoms with van der Waals surface area (Å²) in [6, 6.07) is 4.21. The van der Waals surface area contributed by atoms with Gasteiger partial charge in [0, 0.05) is 30.7 Å². The molecule has 15 heavy (non-hydrogen) atoms. The molecule has 0 saturated carbocycles. The Morgan fingerprint density at radius 3 is 2.73 bits per heavy atom. The number of halogens is 2. The molecule has 2 N–H and O–H groups in total. The molecule has 1 amide bonds. The Kier molecular flexibility index (Phi) is 4.37. The molecule has 5 heteroatoms. The summed E-state index contributed by atoms with van der Waals surface area (Å²) in [5, 5.41) is 5.90. The van der Waals surface area contributed by atoms with E-state index in [-0.39, 0.29) is 11.7 Å². The summed E-state index contributed by atoms with van der Waals surface area (Å²) in [5.41, 5.74) is 0.602. The van der Waals surface area contributed by atoms with Gasteiger partial charge < -0.3 is 10.6 Å². The molecule has 0 aliphatic rings. The van der Waals surface area contributed by atoms with Crippen molar-refractivity contribution in [1.29, 1.82) is 0 Å². The van der Waals surface area contributed by atoms with Crippen LogP contribution in [-0.4, -0.2) is 19.0 Å². The van der Waals surface area contributed by atoms with Crippen molar-refractivity contribution in [1.82, 2.24) is 5.32 Å². The first-order chi connectivity index (χ1) is 7.08. The Labute approximate surface area is 92.6 Å². The third-order valence-corrected chi connectivity index (χ3v) is 1.91. The summed E-state index contributed by atoms with van der Waals surface area (Å²) in [6.45, 7) is 2.46. The molecule has 0 aliphatic heterocycles. The zero-order valence-corrected chi connectivity index (χ0v) is 9.07. The zero-order valence-electron chi connectivity index (χ0n) is 8.31. The fraction of sp³-hybridized carbons (Fsp3) is 0.300. The third kappa shape index (κ3) is 4.65. The average molecular weight is 231 g/mol. The van der Waals surface area contributed by atoms with Crippen molar-refractivity contribution in [3.63, 3.8) is 0 Å². The number of nitrogens with one attached hydrogen (secondary N) is 2. The van der Waals surface area contributed by atoms with Crippen LogP contribution in [0.5, 0.6) is 0 Å². The first-order valence-corrected chi connectivity index (χ1v) is 4.90. The van der Waals surface area contributed by atoms with E-state index in [0.717, 1.165) is 0 Å². The van der Waals surface area contributed by atoms with E-state index in [2.05, 4.69) is 10.6 Å². The molecule has 0 heterocycles. The van der Waals surface area contributed by atoms with Gasteiger partial charge in [-0.2, -0.15) is 0 Å². The molecule has 0 atom stereocenters. The van der Waals surface area contributed by atoms with E-state index in [4.69, 9.17) is 11.6 Å². The summed E-state index contributed by atoms with van der Waals surface area (Å²) in [5.74, 6) is -0.474. The zero-order chi connectivity index (χ0) is 11.3. The lowest BCUT2D eigenvalue weighted by Crippen LogP contribution is -2.26. The van der Waals surface area contributed by atoms with Crippen LogP contribution in [0.15, 0.2) is 18.2 Å². The second kappa shape index (κ2) is 5.56. The number of hydrogen-bond donors (Lipinski definition) is 2. The van der Waals surface area contributed by atoms with E-state index in [9.17, 15) is 9.18 Å². The molecule has 0 bridgehead atoms. The van der Waals surface area contributed by atoms with Crippen molar-refractivity contribution in [3.8, 4) is 0 Å². The Morgan fingerprint density at radius 2 is 2.13 bits per heavy atom. The predicted molar refractivity (Wildman–Crippen MR) is 58.6 cm³/mol. The molecule has 0 unspecified atom stereocenters. The maximum absolute atomic E-state index is 12.9. The molecular formula is C10H12ClFN2O. The number of hydrogen-bond acceptors (Lipinski definition) is 2. The first-order valence-electron chi connectivity index (χ1n) is 4.52. The molecule has 0 fully saturated rings. The Bertz CT molecular complexity index is 337. The van der Waals surface area contributed by atoms with Crippen LogP contribution in [0.4, 0.5) is 10.1 Å². The highest BCUT2D eigenvalue weighted by molar-refractivity contribution is 6.30. The highest BCUT2D eigenvalue weighted by Gasteiger charge is 1.98. The van der Waals surface area contributed by atoms with Crippen molar-refractivity contribution >= 4 is 23.2 Å². The van der Waals surface area contributed by atoms with Crippen LogP contribution in [-0.2, 0) is 4.79 Å². The molecule has 1 rings (SSSR count). The van der Waals surface area contributed by atoms with E-state index in [1.165, 1.54) is 19.1 Å². The number of benzene rings is 1. The maximum Gasteiger partial charge on any atom is 0.216 e. The maximum atomic E-state index is 12.9. The van der Waals surface area contributed by atoms with Crippen molar-refractivity contribution in [2.75, 3.05) is 18.4 Å². The number of carbonyl (C=O) groups excluding carboxylic acids is 1. The highest BCUT2D eigenvalue weighted by Crippen LogP contribution is 2.17. The lowest BCUT2D eigenvalue weighted by Gasteiger charge is -2.07. The molecule has 0 aliphatic carbocycles. The summed E-state index contributed by atoms with van der Waals surface area (Å²) < 4.78 is 12.9. The van der Waals surface area contributed by atoms with Crippen molar-refractivity contribution in [2.45, 2.75) is 6.92 Å². The van der Waals surface area contributed by atoms with Crippen LogP contribution in [0.25, 0.3) is 0 Å². The van der Waals surface area contributed by atoms with Gasteiger partial charge in [-0.3, -0.25) is 4.79 Å². The average Bonchev–Trinajstić information content (AvgIpc) is 2.10. The van der Waals surface area contributed by atoms with E-state index in [1.807, 2.05) is 0 Å². The summed E-state index contributed by atoms with van der Waals surface area (Å²) in [7, 11) is 0. The summed E-state index contributed by atoms with van der Waals surface area (Å²) in [4.78, 5) is 10.5. The van der Waals surface area contributed by atoms with Gasteiger partial charge in [-0.25, -0.2) is 4.39 Å². The molecule has 82 valence electrons. The van der Waals surface area contributed by atoms with Crippen molar-refractivity contribution < 1.29 is 9.18 Å². The number of carbonyl (C=O) groups is 1. The fourth-order valence-corrected chi connectivity index (χ4v) is 1.32. The molecule has 0 spiro atoms. The van der Waals surface area contributed by atoms with E-state index in [0.29, 0.717) is 23.8 Å². The first kappa shape index (κ1) is 11.8. The van der Waals surface area contributed by atoms with Crippen LogP contribution in [0.2, 0.25) is 5.02 Å². The van der Waals surface area contributed by atoms with Crippen molar-refractivity contribution in [2.24, 2.45) is 0 Å². The smallest absolute Gasteiger partial charge is 0.216 e. The van der Waals surface area contributed by atoms with E-state index < -0.39 is 0 Å². The van der Waals surface area contributed by atoms with E-state index in [1.54, 1.807) is 6.07 Å². The quantitative estimate of drug-likeness (QED) is 0.778. The summed E-state index contributed by atoms with van der Waals surface area (Å²) in [6.07, 6.45) is 0. The second-order valence-electron chi connectivity index (χ2n) is 3.07. The fourth-order valence-electron chi connectivity index (χ4n) is 1.10. The van der Waals surface area contributed by atoms with Gasteiger partial charge in [-0.1, -0.05) is 11.6 Å². The standard InChI is InChI=1S/C10H12ClFN2O/c1-7(15)13-2-3-14-10-5-8(11)4-9(12)6-10/h4-6,14H,2-3H2,1H3,(H,13,15). The molecule has 0 saturated heterocycles. The van der Waals surface area contributed by atoms with Gasteiger partial charge in [-0.15, -0.1) is 0 Å². The monoisotopic (exact) mass is 230 g/mol. The van der Waals surface area contributed by atoms with Crippen LogP contribution < -0.4 is 10.6 Å². The van der Waals surface area contributed by atoms with Gasteiger partial charge in [0.25, 0.3) is 0 Å². The van der Waals surface area contributed by atoms with Crippen LogP contribution in [0.1, 0.15) is 6.92 Å². The Hall–Kier alpha value is -1.29. The molecule has 0 aromatic heterocycles. The minimum atomic E-state index is -0.385. The molecule has 0 radical (unpaired) electrons. The van der Waals surface area contributed by atoms with Gasteiger partial charge >= 0.3 is 0 Å². The van der Waals surface area contributed by atoms with Gasteiger partial charge in [-0.05, 0) is 18.2 Å². The largest absolute Gasteiger partial charge is 0.383 e. The molecule has 1 aromatic rings. The SMILES string of the molecule is CC(=O)NCCNc1cc(F)cc(Cl)c1. The number of amides is 1. The molecular weight excluding hydrogens is 219 g/mol. The minimum Gasteiger partial charge on any atom is -0.383 e. The normalized spacial score (nSPS) is 9.80. The van der Waals surface area contributed by atoms with Gasteiger partial charge in [0.15, 0.2) is 0 Å². The van der Waals surface area contributed by atoms with Gasteiger partial charge in [0.1, 0.15) is 5.82 Å². The molecule has 1 aromatic carbocycles. The summed E-state index contributed by atoms with van der Waals surface area (Å²) >= 11 is 5.66. The minimum absolute atomic E-state index is 0.0888. The number of anilines is 1. The van der Waals surface area contributed by atoms with Crippen LogP contribution in [0.3, 0.4) is 0 Å². The topological polar surface area (TPSA) is 41.1 Å². The Balaban J connectivity index is 2.40. The molecule has 3 nitrogen and oxygen atoms in total. The Morgan fingerprint density at radius 1 is 1.40 bits per heavy atom. The van der Waals surface area contributed by atoms with Crippen LogP contribution in [0, 0.1) is 5.82 Å².